The summed E-state index contributed by atoms with van der Waals surface area (Å²) in [6, 6.07) is 9.75. The van der Waals surface area contributed by atoms with Gasteiger partial charge in [0, 0.05) is 11.8 Å². The molecule has 1 N–H and O–H groups in total. The van der Waals surface area contributed by atoms with E-state index >= 15 is 0 Å². The van der Waals surface area contributed by atoms with Gasteiger partial charge in [0.1, 0.15) is 5.82 Å². The number of hydrogen-bond donors (Lipinski definition) is 1. The minimum Gasteiger partial charge on any atom is -0.342 e. The maximum absolute atomic E-state index is 13.4. The van der Waals surface area contributed by atoms with Crippen LogP contribution in [-0.4, -0.2) is 20.5 Å². The number of aryl methyl sites for hydroxylation is 1. The van der Waals surface area contributed by atoms with Crippen LogP contribution in [0.15, 0.2) is 42.6 Å². The van der Waals surface area contributed by atoms with E-state index in [1.54, 1.807) is 13.0 Å². The van der Waals surface area contributed by atoms with Gasteiger partial charge in [0.25, 0.3) is 5.91 Å². The van der Waals surface area contributed by atoms with Gasteiger partial charge < -0.3 is 5.32 Å². The number of rotatable bonds is 5. The minimum absolute atomic E-state index is 0.246. The second-order valence-corrected chi connectivity index (χ2v) is 5.77. The molecule has 1 aromatic carbocycles. The average Bonchev–Trinajstić information content (AvgIpc) is 3.01. The zero-order valence-corrected chi connectivity index (χ0v) is 13.7. The van der Waals surface area contributed by atoms with Crippen LogP contribution < -0.4 is 5.32 Å². The van der Waals surface area contributed by atoms with Crippen LogP contribution in [0.1, 0.15) is 47.6 Å². The maximum Gasteiger partial charge on any atom is 0.251 e. The highest BCUT2D eigenvalue weighted by Crippen LogP contribution is 2.19. The third kappa shape index (κ3) is 3.13. The Hall–Kier alpha value is -2.76. The number of aromatic nitrogens is 3. The van der Waals surface area contributed by atoms with Crippen molar-refractivity contribution < 1.29 is 9.18 Å². The molecule has 24 heavy (non-hydrogen) atoms. The highest BCUT2D eigenvalue weighted by molar-refractivity contribution is 5.94. The molecule has 1 amide bonds. The molecular weight excluding hydrogens is 307 g/mol. The molecule has 0 bridgehead atoms. The van der Waals surface area contributed by atoms with Crippen LogP contribution in [0.25, 0.3) is 5.65 Å². The molecule has 6 heteroatoms. The second-order valence-electron chi connectivity index (χ2n) is 5.77. The molecule has 0 radical (unpaired) electrons. The predicted octanol–water partition coefficient (Wildman–Crippen LogP) is 3.45. The normalized spacial score (nSPS) is 12.3. The summed E-state index contributed by atoms with van der Waals surface area (Å²) in [4.78, 5) is 12.5. The summed E-state index contributed by atoms with van der Waals surface area (Å²) in [6.07, 6.45) is 3.50. The third-order valence-electron chi connectivity index (χ3n) is 3.95. The first-order valence-electron chi connectivity index (χ1n) is 7.97. The van der Waals surface area contributed by atoms with Gasteiger partial charge in [-0.1, -0.05) is 19.4 Å². The fourth-order valence-electron chi connectivity index (χ4n) is 2.68. The number of carbonyl (C=O) groups is 1. The van der Waals surface area contributed by atoms with E-state index in [2.05, 4.69) is 15.5 Å². The first-order chi connectivity index (χ1) is 11.6. The van der Waals surface area contributed by atoms with Gasteiger partial charge >= 0.3 is 0 Å². The van der Waals surface area contributed by atoms with Crippen molar-refractivity contribution in [3.8, 4) is 0 Å². The van der Waals surface area contributed by atoms with E-state index in [-0.39, 0.29) is 17.8 Å². The molecule has 0 saturated heterocycles. The molecule has 0 aliphatic heterocycles. The molecule has 2 heterocycles. The lowest BCUT2D eigenvalue weighted by Crippen LogP contribution is -2.30. The molecular formula is C18H19FN4O. The van der Waals surface area contributed by atoms with E-state index in [1.807, 2.05) is 35.7 Å². The zero-order chi connectivity index (χ0) is 17.1. The lowest BCUT2D eigenvalue weighted by atomic mass is 10.1. The van der Waals surface area contributed by atoms with Crippen molar-refractivity contribution in [1.29, 1.82) is 0 Å². The van der Waals surface area contributed by atoms with E-state index in [0.29, 0.717) is 17.0 Å². The Morgan fingerprint density at radius 1 is 1.29 bits per heavy atom. The summed E-state index contributed by atoms with van der Waals surface area (Å²) >= 11 is 0. The smallest absolute Gasteiger partial charge is 0.251 e. The molecule has 1 atom stereocenters. The van der Waals surface area contributed by atoms with Gasteiger partial charge in [0.15, 0.2) is 11.5 Å². The lowest BCUT2D eigenvalue weighted by molar-refractivity contribution is 0.0932. The largest absolute Gasteiger partial charge is 0.342 e. The van der Waals surface area contributed by atoms with Gasteiger partial charge in [-0.05, 0) is 49.2 Å². The number of benzene rings is 1. The molecule has 0 spiro atoms. The van der Waals surface area contributed by atoms with Gasteiger partial charge in [0.2, 0.25) is 0 Å². The van der Waals surface area contributed by atoms with E-state index in [9.17, 15) is 9.18 Å². The molecule has 0 aliphatic carbocycles. The number of halogens is 1. The van der Waals surface area contributed by atoms with Gasteiger partial charge in [0.05, 0.1) is 6.04 Å². The lowest BCUT2D eigenvalue weighted by Gasteiger charge is -2.17. The van der Waals surface area contributed by atoms with E-state index < -0.39 is 0 Å². The van der Waals surface area contributed by atoms with Crippen LogP contribution in [-0.2, 0) is 0 Å². The topological polar surface area (TPSA) is 59.3 Å². The van der Waals surface area contributed by atoms with Crippen molar-refractivity contribution in [2.24, 2.45) is 0 Å². The van der Waals surface area contributed by atoms with Crippen LogP contribution in [0.5, 0.6) is 0 Å². The van der Waals surface area contributed by atoms with Crippen molar-refractivity contribution in [3.05, 3.63) is 65.4 Å². The van der Waals surface area contributed by atoms with Gasteiger partial charge in [-0.3, -0.25) is 9.20 Å². The summed E-state index contributed by atoms with van der Waals surface area (Å²) in [6.45, 7) is 3.69. The molecule has 5 nitrogen and oxygen atoms in total. The van der Waals surface area contributed by atoms with Gasteiger partial charge in [-0.25, -0.2) is 4.39 Å². The van der Waals surface area contributed by atoms with E-state index in [1.165, 1.54) is 12.1 Å². The fourth-order valence-corrected chi connectivity index (χ4v) is 2.68. The molecule has 3 aromatic rings. The summed E-state index contributed by atoms with van der Waals surface area (Å²) in [5, 5.41) is 11.4. The first-order valence-corrected chi connectivity index (χ1v) is 7.97. The van der Waals surface area contributed by atoms with E-state index in [4.69, 9.17) is 0 Å². The van der Waals surface area contributed by atoms with Crippen LogP contribution in [0, 0.1) is 12.7 Å². The zero-order valence-electron chi connectivity index (χ0n) is 13.7. The number of amides is 1. The number of fused-ring (bicyclic) bond motifs is 1. The number of nitrogens with zero attached hydrogens (tertiary/aromatic N) is 3. The molecule has 1 unspecified atom stereocenters. The number of hydrogen-bond acceptors (Lipinski definition) is 3. The van der Waals surface area contributed by atoms with Crippen LogP contribution in [0.2, 0.25) is 0 Å². The van der Waals surface area contributed by atoms with Gasteiger partial charge in [-0.15, -0.1) is 10.2 Å². The quantitative estimate of drug-likeness (QED) is 0.781. The number of pyridine rings is 1. The molecule has 0 saturated carbocycles. The van der Waals surface area contributed by atoms with Crippen molar-refractivity contribution in [2.75, 3.05) is 0 Å². The SMILES string of the molecule is CCCC(NC(=O)c1ccc(F)c(C)c1)c1nnc2ccccn12. The van der Waals surface area contributed by atoms with Crippen LogP contribution in [0.4, 0.5) is 4.39 Å². The molecule has 0 fully saturated rings. The monoisotopic (exact) mass is 326 g/mol. The minimum atomic E-state index is -0.319. The Kier molecular flexibility index (Phi) is 4.55. The Labute approximate surface area is 139 Å². The van der Waals surface area contributed by atoms with Crippen molar-refractivity contribution in [1.82, 2.24) is 19.9 Å². The molecule has 2 aromatic heterocycles. The first kappa shape index (κ1) is 16.1. The Balaban J connectivity index is 1.88. The van der Waals surface area contributed by atoms with Crippen LogP contribution in [0.3, 0.4) is 0 Å². The average molecular weight is 326 g/mol. The highest BCUT2D eigenvalue weighted by atomic mass is 19.1. The Morgan fingerprint density at radius 2 is 2.12 bits per heavy atom. The maximum atomic E-state index is 13.4. The summed E-state index contributed by atoms with van der Waals surface area (Å²) < 4.78 is 15.3. The van der Waals surface area contributed by atoms with Crippen molar-refractivity contribution in [2.45, 2.75) is 32.7 Å². The number of nitrogens with one attached hydrogen (secondary N) is 1. The predicted molar refractivity (Wildman–Crippen MR) is 89.2 cm³/mol. The van der Waals surface area contributed by atoms with Crippen molar-refractivity contribution >= 4 is 11.6 Å². The molecule has 124 valence electrons. The Morgan fingerprint density at radius 3 is 2.88 bits per heavy atom. The second kappa shape index (κ2) is 6.78. The molecule has 3 rings (SSSR count). The third-order valence-corrected chi connectivity index (χ3v) is 3.95. The summed E-state index contributed by atoms with van der Waals surface area (Å²) in [5.41, 5.74) is 1.62. The van der Waals surface area contributed by atoms with E-state index in [0.717, 1.165) is 18.5 Å². The highest BCUT2D eigenvalue weighted by Gasteiger charge is 2.20. The van der Waals surface area contributed by atoms with Crippen LogP contribution >= 0.6 is 0 Å². The standard InChI is InChI=1S/C18H19FN4O/c1-3-6-15(17-22-21-16-7-4-5-10-23(16)17)20-18(24)13-8-9-14(19)12(2)11-13/h4-5,7-11,15H,3,6H2,1-2H3,(H,20,24). The summed E-state index contributed by atoms with van der Waals surface area (Å²) in [5.74, 6) is 0.129. The fraction of sp³-hybridized carbons (Fsp3) is 0.278. The molecule has 0 aliphatic rings. The van der Waals surface area contributed by atoms with Gasteiger partial charge in [-0.2, -0.15) is 0 Å². The summed E-state index contributed by atoms with van der Waals surface area (Å²) in [7, 11) is 0. The number of carbonyl (C=O) groups excluding carboxylic acids is 1. The van der Waals surface area contributed by atoms with Crippen molar-refractivity contribution in [3.63, 3.8) is 0 Å². The Bertz CT molecular complexity index is 874.